The molecule has 27 heavy (non-hydrogen) atoms. The van der Waals surface area contributed by atoms with Crippen molar-refractivity contribution in [2.24, 2.45) is 0 Å². The summed E-state index contributed by atoms with van der Waals surface area (Å²) in [6, 6.07) is 7.07. The maximum absolute atomic E-state index is 12.1. The molecule has 3 rings (SSSR count). The number of aromatic nitrogens is 1. The van der Waals surface area contributed by atoms with Gasteiger partial charge in [0.15, 0.2) is 0 Å². The number of alkyl halides is 1. The third-order valence-electron chi connectivity index (χ3n) is 5.59. The average Bonchev–Trinajstić information content (AvgIpc) is 3.31. The SMILES string of the molecule is CCOC(=O)c1sc(-c2ccc([N+](C)(C)C3CCCC3)c(CCl)c2)nc1C. The predicted octanol–water partition coefficient (Wildman–Crippen LogP) is 5.54. The van der Waals surface area contributed by atoms with Gasteiger partial charge in [-0.1, -0.05) is 0 Å². The minimum Gasteiger partial charge on any atom is -0.462 e. The van der Waals surface area contributed by atoms with Crippen LogP contribution in [0.2, 0.25) is 0 Å². The first-order valence-corrected chi connectivity index (χ1v) is 10.9. The van der Waals surface area contributed by atoms with Gasteiger partial charge in [0.05, 0.1) is 38.3 Å². The average molecular weight is 408 g/mol. The summed E-state index contributed by atoms with van der Waals surface area (Å²) in [4.78, 5) is 17.3. The Hall–Kier alpha value is -1.43. The zero-order valence-electron chi connectivity index (χ0n) is 16.5. The van der Waals surface area contributed by atoms with Gasteiger partial charge in [-0.05, 0) is 51.7 Å². The third kappa shape index (κ3) is 4.05. The molecule has 1 saturated carbocycles. The van der Waals surface area contributed by atoms with Crippen LogP contribution in [0, 0.1) is 6.92 Å². The van der Waals surface area contributed by atoms with Crippen LogP contribution in [0.15, 0.2) is 18.2 Å². The number of esters is 1. The van der Waals surface area contributed by atoms with Crippen molar-refractivity contribution >= 4 is 34.6 Å². The van der Waals surface area contributed by atoms with E-state index < -0.39 is 0 Å². The lowest BCUT2D eigenvalue weighted by Gasteiger charge is -2.37. The van der Waals surface area contributed by atoms with Crippen molar-refractivity contribution in [2.45, 2.75) is 51.5 Å². The van der Waals surface area contributed by atoms with Crippen molar-refractivity contribution in [1.82, 2.24) is 9.47 Å². The zero-order valence-corrected chi connectivity index (χ0v) is 18.1. The van der Waals surface area contributed by atoms with Crippen LogP contribution < -0.4 is 4.48 Å². The van der Waals surface area contributed by atoms with Crippen molar-refractivity contribution in [3.05, 3.63) is 34.3 Å². The molecule has 1 heterocycles. The van der Waals surface area contributed by atoms with Crippen LogP contribution in [0.4, 0.5) is 5.69 Å². The Morgan fingerprint density at radius 1 is 1.33 bits per heavy atom. The van der Waals surface area contributed by atoms with Crippen LogP contribution in [0.5, 0.6) is 0 Å². The summed E-state index contributed by atoms with van der Waals surface area (Å²) in [5, 5.41) is 0.833. The molecular weight excluding hydrogens is 380 g/mol. The number of halogens is 1. The Kier molecular flexibility index (Phi) is 6.24. The molecule has 1 aromatic carbocycles. The Morgan fingerprint density at radius 3 is 2.67 bits per heavy atom. The molecule has 0 amide bonds. The Bertz CT molecular complexity index is 826. The summed E-state index contributed by atoms with van der Waals surface area (Å²) < 4.78 is 6.00. The summed E-state index contributed by atoms with van der Waals surface area (Å²) >= 11 is 7.72. The fraction of sp³-hybridized carbons (Fsp3) is 0.524. The van der Waals surface area contributed by atoms with E-state index in [0.717, 1.165) is 20.6 Å². The number of quaternary nitrogens is 1. The molecule has 4 nitrogen and oxygen atoms in total. The Labute approximate surface area is 170 Å². The quantitative estimate of drug-likeness (QED) is 0.358. The van der Waals surface area contributed by atoms with Gasteiger partial charge in [-0.2, -0.15) is 0 Å². The summed E-state index contributed by atoms with van der Waals surface area (Å²) in [6.45, 7) is 4.03. The van der Waals surface area contributed by atoms with E-state index in [4.69, 9.17) is 16.3 Å². The van der Waals surface area contributed by atoms with Gasteiger partial charge in [0, 0.05) is 17.2 Å². The highest BCUT2D eigenvalue weighted by Crippen LogP contribution is 2.38. The lowest BCUT2D eigenvalue weighted by molar-refractivity contribution is 0.0531. The minimum absolute atomic E-state index is 0.299. The Morgan fingerprint density at radius 2 is 2.04 bits per heavy atom. The van der Waals surface area contributed by atoms with Crippen LogP contribution in [0.3, 0.4) is 0 Å². The van der Waals surface area contributed by atoms with Gasteiger partial charge in [-0.15, -0.1) is 22.9 Å². The largest absolute Gasteiger partial charge is 0.462 e. The van der Waals surface area contributed by atoms with Crippen LogP contribution in [0.1, 0.15) is 53.5 Å². The van der Waals surface area contributed by atoms with Gasteiger partial charge in [0.1, 0.15) is 15.6 Å². The number of hydrogen-bond acceptors (Lipinski definition) is 4. The number of rotatable bonds is 6. The third-order valence-corrected chi connectivity index (χ3v) is 7.06. The molecule has 0 N–H and O–H groups in total. The first-order valence-electron chi connectivity index (χ1n) is 9.56. The molecule has 1 aromatic heterocycles. The number of nitrogens with zero attached hydrogens (tertiary/aromatic N) is 2. The number of carbonyl (C=O) groups is 1. The van der Waals surface area contributed by atoms with E-state index in [-0.39, 0.29) is 5.97 Å². The number of aryl methyl sites for hydroxylation is 1. The normalized spacial score (nSPS) is 15.3. The second kappa shape index (κ2) is 8.29. The topological polar surface area (TPSA) is 39.2 Å². The lowest BCUT2D eigenvalue weighted by atomic mass is 10.0. The molecule has 1 aliphatic carbocycles. The number of thiazole rings is 1. The summed E-state index contributed by atoms with van der Waals surface area (Å²) in [5.41, 5.74) is 4.13. The molecule has 0 unspecified atom stereocenters. The van der Waals surface area contributed by atoms with E-state index in [1.165, 1.54) is 42.7 Å². The maximum atomic E-state index is 12.1. The van der Waals surface area contributed by atoms with Gasteiger partial charge in [0.25, 0.3) is 0 Å². The second-order valence-electron chi connectivity index (χ2n) is 7.61. The van der Waals surface area contributed by atoms with E-state index in [0.29, 0.717) is 29.1 Å². The van der Waals surface area contributed by atoms with Crippen LogP contribution in [-0.2, 0) is 10.6 Å². The van der Waals surface area contributed by atoms with Gasteiger partial charge >= 0.3 is 5.97 Å². The Balaban J connectivity index is 1.95. The molecule has 146 valence electrons. The molecule has 0 spiro atoms. The first-order chi connectivity index (χ1) is 12.9. The number of hydrogen-bond donors (Lipinski definition) is 0. The molecular formula is C21H28ClN2O2S+. The van der Waals surface area contributed by atoms with E-state index >= 15 is 0 Å². The highest BCUT2D eigenvalue weighted by atomic mass is 35.5. The summed E-state index contributed by atoms with van der Waals surface area (Å²) in [7, 11) is 4.57. The highest BCUT2D eigenvalue weighted by Gasteiger charge is 2.34. The van der Waals surface area contributed by atoms with Gasteiger partial charge in [-0.25, -0.2) is 9.78 Å². The van der Waals surface area contributed by atoms with Crippen molar-refractivity contribution in [2.75, 3.05) is 20.7 Å². The standard InChI is InChI=1S/C21H28ClN2O2S/c1-5-26-21(25)19-14(2)23-20(27-19)15-10-11-18(16(12-15)13-22)24(3,4)17-8-6-7-9-17/h10-12,17H,5-9,13H2,1-4H3/q+1. The van der Waals surface area contributed by atoms with Crippen molar-refractivity contribution in [3.63, 3.8) is 0 Å². The molecule has 0 atom stereocenters. The smallest absolute Gasteiger partial charge is 0.350 e. The predicted molar refractivity (Wildman–Crippen MR) is 114 cm³/mol. The summed E-state index contributed by atoms with van der Waals surface area (Å²) in [6.07, 6.45) is 5.17. The minimum atomic E-state index is -0.299. The van der Waals surface area contributed by atoms with E-state index in [1.54, 1.807) is 0 Å². The van der Waals surface area contributed by atoms with Gasteiger partial charge < -0.3 is 4.74 Å². The second-order valence-corrected chi connectivity index (χ2v) is 8.88. The molecule has 0 saturated heterocycles. The zero-order chi connectivity index (χ0) is 19.6. The number of ether oxygens (including phenoxy) is 1. The van der Waals surface area contributed by atoms with Gasteiger partial charge in [0.2, 0.25) is 0 Å². The molecule has 6 heteroatoms. The first kappa shape index (κ1) is 20.3. The molecule has 0 radical (unpaired) electrons. The molecule has 1 fully saturated rings. The molecule has 0 bridgehead atoms. The highest BCUT2D eigenvalue weighted by molar-refractivity contribution is 7.17. The van der Waals surface area contributed by atoms with Crippen molar-refractivity contribution in [1.29, 1.82) is 0 Å². The molecule has 2 aromatic rings. The van der Waals surface area contributed by atoms with Crippen molar-refractivity contribution < 1.29 is 9.53 Å². The fourth-order valence-electron chi connectivity index (χ4n) is 4.04. The fourth-order valence-corrected chi connectivity index (χ4v) is 5.21. The van der Waals surface area contributed by atoms with Crippen LogP contribution >= 0.6 is 22.9 Å². The lowest BCUT2D eigenvalue weighted by Crippen LogP contribution is -2.49. The van der Waals surface area contributed by atoms with E-state index in [2.05, 4.69) is 37.3 Å². The summed E-state index contributed by atoms with van der Waals surface area (Å²) in [5.74, 6) is 0.166. The van der Waals surface area contributed by atoms with Crippen molar-refractivity contribution in [3.8, 4) is 10.6 Å². The van der Waals surface area contributed by atoms with Gasteiger partial charge in [-0.3, -0.25) is 4.48 Å². The van der Waals surface area contributed by atoms with Crippen LogP contribution in [0.25, 0.3) is 10.6 Å². The van der Waals surface area contributed by atoms with E-state index in [9.17, 15) is 4.79 Å². The van der Waals surface area contributed by atoms with Crippen LogP contribution in [-0.4, -0.2) is 37.7 Å². The number of carbonyl (C=O) groups excluding carboxylic acids is 1. The van der Waals surface area contributed by atoms with E-state index in [1.807, 2.05) is 13.8 Å². The molecule has 1 aliphatic rings. The monoisotopic (exact) mass is 407 g/mol. The number of benzene rings is 1. The maximum Gasteiger partial charge on any atom is 0.350 e. The molecule has 0 aliphatic heterocycles.